The number of rotatable bonds is 12. The van der Waals surface area contributed by atoms with Gasteiger partial charge < -0.3 is 37.5 Å². The van der Waals surface area contributed by atoms with Crippen LogP contribution in [0, 0.1) is 0 Å². The third kappa shape index (κ3) is 15.0. The molecule has 0 saturated carbocycles. The van der Waals surface area contributed by atoms with Crippen molar-refractivity contribution in [1.29, 1.82) is 0 Å². The number of likely N-dealkylation sites (N-methyl/N-ethyl adjacent to an activating group) is 1. The molecule has 8 heteroatoms. The largest absolute Gasteiger partial charge is 0.366 e. The Morgan fingerprint density at radius 2 is 1.70 bits per heavy atom. The predicted octanol–water partition coefficient (Wildman–Crippen LogP) is -2.48. The highest BCUT2D eigenvalue weighted by molar-refractivity contribution is 5.77. The molecular weight excluding hydrogens is 260 g/mol. The molecule has 8 N–H and O–H groups in total. The van der Waals surface area contributed by atoms with Crippen LogP contribution in [0.15, 0.2) is 13.2 Å². The molecule has 0 aliphatic heterocycles. The lowest BCUT2D eigenvalue weighted by atomic mass is 10.3. The average molecular weight is 290 g/mol. The number of hydrogen-bond donors (Lipinski definition) is 6. The second kappa shape index (κ2) is 18.0. The van der Waals surface area contributed by atoms with Crippen molar-refractivity contribution < 1.29 is 9.53 Å². The van der Waals surface area contributed by atoms with Crippen molar-refractivity contribution in [2.24, 2.45) is 11.5 Å². The van der Waals surface area contributed by atoms with Crippen molar-refractivity contribution in [1.82, 2.24) is 21.3 Å². The molecule has 0 aromatic carbocycles. The Labute approximate surface area is 121 Å². The molecule has 0 spiro atoms. The number of amides is 1. The van der Waals surface area contributed by atoms with Crippen molar-refractivity contribution >= 4 is 5.91 Å². The van der Waals surface area contributed by atoms with Crippen molar-refractivity contribution in [2.45, 2.75) is 6.10 Å². The summed E-state index contributed by atoms with van der Waals surface area (Å²) in [7, 11) is 1.83. The highest BCUT2D eigenvalue weighted by Crippen LogP contribution is 1.89. The molecule has 8 nitrogen and oxygen atoms in total. The molecule has 0 radical (unpaired) electrons. The fraction of sp³-hybridized carbons (Fsp3) is 0.750. The van der Waals surface area contributed by atoms with E-state index in [4.69, 9.17) is 16.2 Å². The fourth-order valence-corrected chi connectivity index (χ4v) is 1.25. The number of hydrogen-bond acceptors (Lipinski definition) is 7. The first-order valence-corrected chi connectivity index (χ1v) is 6.59. The second-order valence-electron chi connectivity index (χ2n) is 3.70. The number of nitrogens with one attached hydrogen (secondary N) is 4. The molecule has 1 amide bonds. The van der Waals surface area contributed by atoms with Gasteiger partial charge in [0.05, 0.1) is 6.10 Å². The molecule has 0 unspecified atom stereocenters. The molecule has 0 saturated heterocycles. The van der Waals surface area contributed by atoms with Gasteiger partial charge in [-0.15, -0.1) is 13.2 Å². The lowest BCUT2D eigenvalue weighted by Crippen LogP contribution is -2.43. The van der Waals surface area contributed by atoms with Crippen molar-refractivity contribution in [3.63, 3.8) is 0 Å². The van der Waals surface area contributed by atoms with Crippen LogP contribution < -0.4 is 32.7 Å². The van der Waals surface area contributed by atoms with E-state index in [1.54, 1.807) is 0 Å². The van der Waals surface area contributed by atoms with Crippen LogP contribution in [0.2, 0.25) is 0 Å². The first kappa shape index (κ1) is 21.3. The summed E-state index contributed by atoms with van der Waals surface area (Å²) in [5.41, 5.74) is 10.7. The molecule has 0 heterocycles. The maximum absolute atomic E-state index is 11.4. The molecule has 20 heavy (non-hydrogen) atoms. The van der Waals surface area contributed by atoms with Gasteiger partial charge in [0, 0.05) is 39.5 Å². The van der Waals surface area contributed by atoms with Crippen molar-refractivity contribution in [2.75, 3.05) is 53.2 Å². The van der Waals surface area contributed by atoms with E-state index >= 15 is 0 Å². The summed E-state index contributed by atoms with van der Waals surface area (Å²) < 4.78 is 5.47. The van der Waals surface area contributed by atoms with E-state index in [0.29, 0.717) is 33.0 Å². The van der Waals surface area contributed by atoms with E-state index in [2.05, 4.69) is 34.4 Å². The van der Waals surface area contributed by atoms with Gasteiger partial charge in [-0.25, -0.2) is 0 Å². The summed E-state index contributed by atoms with van der Waals surface area (Å²) in [6.07, 6.45) is -0.132. The van der Waals surface area contributed by atoms with E-state index in [9.17, 15) is 4.79 Å². The zero-order valence-corrected chi connectivity index (χ0v) is 12.4. The number of carbonyl (C=O) groups is 1. The van der Waals surface area contributed by atoms with E-state index in [1.807, 2.05) is 7.05 Å². The van der Waals surface area contributed by atoms with Gasteiger partial charge in [-0.3, -0.25) is 4.79 Å². The molecule has 120 valence electrons. The lowest BCUT2D eigenvalue weighted by molar-refractivity contribution is -0.127. The van der Waals surface area contributed by atoms with E-state index < -0.39 is 0 Å². The molecule has 0 bridgehead atoms. The zero-order valence-electron chi connectivity index (χ0n) is 12.4. The van der Waals surface area contributed by atoms with E-state index in [1.165, 1.54) is 0 Å². The third-order valence-electron chi connectivity index (χ3n) is 2.18. The molecule has 0 fully saturated rings. The molecule has 0 atom stereocenters. The van der Waals surface area contributed by atoms with Crippen molar-refractivity contribution in [3.8, 4) is 0 Å². The van der Waals surface area contributed by atoms with Gasteiger partial charge in [0.1, 0.15) is 6.61 Å². The van der Waals surface area contributed by atoms with Crippen LogP contribution in [-0.4, -0.2) is 65.2 Å². The highest BCUT2D eigenvalue weighted by Gasteiger charge is 2.10. The Morgan fingerprint density at radius 1 is 1.15 bits per heavy atom. The van der Waals surface area contributed by atoms with Crippen LogP contribution in [-0.2, 0) is 9.53 Å². The zero-order chi connectivity index (χ0) is 15.6. The fourth-order valence-electron chi connectivity index (χ4n) is 1.25. The van der Waals surface area contributed by atoms with Crippen LogP contribution in [0.5, 0.6) is 0 Å². The molecular formula is C12H30N6O2. The van der Waals surface area contributed by atoms with Crippen LogP contribution in [0.1, 0.15) is 0 Å². The molecule has 0 aliphatic carbocycles. The van der Waals surface area contributed by atoms with Gasteiger partial charge in [0.2, 0.25) is 5.91 Å². The SMILES string of the molecule is C=C.CNCCNC(=O)COC(CNCN)CNCN. The number of carbonyl (C=O) groups excluding carboxylic acids is 1. The second-order valence-corrected chi connectivity index (χ2v) is 3.70. The first-order chi connectivity index (χ1) is 9.74. The monoisotopic (exact) mass is 290 g/mol. The van der Waals surface area contributed by atoms with E-state index in [-0.39, 0.29) is 18.6 Å². The Bertz CT molecular complexity index is 210. The lowest BCUT2D eigenvalue weighted by Gasteiger charge is -2.18. The Morgan fingerprint density at radius 3 is 2.15 bits per heavy atom. The van der Waals surface area contributed by atoms with Gasteiger partial charge >= 0.3 is 0 Å². The Balaban J connectivity index is 0. The molecule has 0 aromatic rings. The maximum atomic E-state index is 11.4. The molecule has 0 aromatic heterocycles. The van der Waals surface area contributed by atoms with Crippen molar-refractivity contribution in [3.05, 3.63) is 13.2 Å². The molecule has 0 rings (SSSR count). The number of ether oxygens (including phenoxy) is 1. The van der Waals surface area contributed by atoms with Gasteiger partial charge in [-0.1, -0.05) is 0 Å². The van der Waals surface area contributed by atoms with Gasteiger partial charge in [-0.2, -0.15) is 0 Å². The van der Waals surface area contributed by atoms with Crippen LogP contribution in [0.3, 0.4) is 0 Å². The smallest absolute Gasteiger partial charge is 0.246 e. The number of nitrogens with two attached hydrogens (primary N) is 2. The minimum atomic E-state index is -0.132. The minimum Gasteiger partial charge on any atom is -0.366 e. The quantitative estimate of drug-likeness (QED) is 0.133. The van der Waals surface area contributed by atoms with Gasteiger partial charge in [-0.05, 0) is 7.05 Å². The summed E-state index contributed by atoms with van der Waals surface area (Å²) in [5.74, 6) is -0.129. The third-order valence-corrected chi connectivity index (χ3v) is 2.18. The van der Waals surface area contributed by atoms with E-state index in [0.717, 1.165) is 6.54 Å². The Hall–Kier alpha value is -1.03. The topological polar surface area (TPSA) is 126 Å². The van der Waals surface area contributed by atoms with Crippen LogP contribution in [0.25, 0.3) is 0 Å². The highest BCUT2D eigenvalue weighted by atomic mass is 16.5. The summed E-state index contributed by atoms with van der Waals surface area (Å²) in [4.78, 5) is 11.4. The minimum absolute atomic E-state index is 0.0346. The summed E-state index contributed by atoms with van der Waals surface area (Å²) in [5, 5.41) is 11.6. The normalized spacial score (nSPS) is 10.0. The standard InChI is InChI=1S/C10H26N6O2.C2H4/c1-13-2-3-16-10(17)6-18-9(4-14-7-11)5-15-8-12;1-2/h9,13-15H,2-8,11-12H2,1H3,(H,16,17);1-2H2. The van der Waals surface area contributed by atoms with Gasteiger partial charge in [0.25, 0.3) is 0 Å². The van der Waals surface area contributed by atoms with Crippen LogP contribution >= 0.6 is 0 Å². The summed E-state index contributed by atoms with van der Waals surface area (Å²) in [6, 6.07) is 0. The first-order valence-electron chi connectivity index (χ1n) is 6.59. The molecule has 0 aliphatic rings. The predicted molar refractivity (Wildman–Crippen MR) is 82.0 cm³/mol. The van der Waals surface area contributed by atoms with Crippen LogP contribution in [0.4, 0.5) is 0 Å². The summed E-state index contributed by atoms with van der Waals surface area (Å²) >= 11 is 0. The maximum Gasteiger partial charge on any atom is 0.246 e. The Kier molecular flexibility index (Phi) is 19.1. The average Bonchev–Trinajstić information content (AvgIpc) is 2.49. The van der Waals surface area contributed by atoms with Gasteiger partial charge in [0.15, 0.2) is 0 Å². The summed E-state index contributed by atoms with van der Waals surface area (Å²) in [6.45, 7) is 9.26.